The number of hydrogen-bond acceptors (Lipinski definition) is 4. The number of piperazine rings is 1. The van der Waals surface area contributed by atoms with Gasteiger partial charge in [0.15, 0.2) is 11.7 Å². The van der Waals surface area contributed by atoms with Crippen molar-refractivity contribution in [2.75, 3.05) is 19.6 Å². The lowest BCUT2D eigenvalue weighted by Crippen LogP contribution is -2.53. The summed E-state index contributed by atoms with van der Waals surface area (Å²) in [7, 11) is 0. The van der Waals surface area contributed by atoms with Gasteiger partial charge in [-0.25, -0.2) is 4.98 Å². The van der Waals surface area contributed by atoms with Gasteiger partial charge in [-0.2, -0.15) is 0 Å². The van der Waals surface area contributed by atoms with E-state index < -0.39 is 0 Å². The van der Waals surface area contributed by atoms with Gasteiger partial charge >= 0.3 is 0 Å². The van der Waals surface area contributed by atoms with Crippen LogP contribution in [0.5, 0.6) is 0 Å². The van der Waals surface area contributed by atoms with E-state index in [-0.39, 0.29) is 11.9 Å². The summed E-state index contributed by atoms with van der Waals surface area (Å²) in [6.45, 7) is 5.59. The first-order valence-electron chi connectivity index (χ1n) is 10.3. The molecule has 1 unspecified atom stereocenters. The average Bonchev–Trinajstić information content (AvgIpc) is 3.22. The molecule has 4 rings (SSSR count). The lowest BCUT2D eigenvalue weighted by molar-refractivity contribution is -0.135. The third kappa shape index (κ3) is 5.10. The molecule has 2 aromatic carbocycles. The third-order valence-corrected chi connectivity index (χ3v) is 5.77. The Bertz CT molecular complexity index is 972. The summed E-state index contributed by atoms with van der Waals surface area (Å²) < 4.78 is 5.82. The number of carbonyl (C=O) groups is 1. The molecule has 1 atom stereocenters. The number of nitrogens with zero attached hydrogens (tertiary/aromatic N) is 3. The Labute approximate surface area is 182 Å². The van der Waals surface area contributed by atoms with Crippen LogP contribution in [0, 0.1) is 0 Å². The third-order valence-electron chi connectivity index (χ3n) is 5.52. The highest BCUT2D eigenvalue weighted by atomic mass is 35.5. The van der Waals surface area contributed by atoms with E-state index in [9.17, 15) is 4.79 Å². The Kier molecular flexibility index (Phi) is 6.50. The maximum absolute atomic E-state index is 12.8. The van der Waals surface area contributed by atoms with Gasteiger partial charge in [-0.1, -0.05) is 41.9 Å². The fourth-order valence-corrected chi connectivity index (χ4v) is 4.05. The molecule has 0 aliphatic carbocycles. The SMILES string of the molecule is CC1CN(Cc2ccccc2)CCN1C(=O)CCc1ncc(-c2ccc(Cl)cc2)o1. The molecular formula is C24H26ClN3O2. The maximum atomic E-state index is 12.8. The van der Waals surface area contributed by atoms with E-state index in [0.717, 1.165) is 31.7 Å². The van der Waals surface area contributed by atoms with Gasteiger partial charge in [0, 0.05) is 55.6 Å². The van der Waals surface area contributed by atoms with Crippen molar-refractivity contribution < 1.29 is 9.21 Å². The molecule has 1 saturated heterocycles. The zero-order valence-corrected chi connectivity index (χ0v) is 17.9. The topological polar surface area (TPSA) is 49.6 Å². The number of hydrogen-bond donors (Lipinski definition) is 0. The highest BCUT2D eigenvalue weighted by Crippen LogP contribution is 2.23. The number of aryl methyl sites for hydroxylation is 1. The van der Waals surface area contributed by atoms with Crippen LogP contribution in [0.3, 0.4) is 0 Å². The molecule has 156 valence electrons. The Morgan fingerprint density at radius 2 is 1.90 bits per heavy atom. The average molecular weight is 424 g/mol. The van der Waals surface area contributed by atoms with Crippen LogP contribution >= 0.6 is 11.6 Å². The summed E-state index contributed by atoms with van der Waals surface area (Å²) in [5.74, 6) is 1.44. The van der Waals surface area contributed by atoms with Crippen molar-refractivity contribution in [2.45, 2.75) is 32.4 Å². The molecule has 1 amide bonds. The molecule has 0 radical (unpaired) electrons. The van der Waals surface area contributed by atoms with Crippen LogP contribution in [0.25, 0.3) is 11.3 Å². The van der Waals surface area contributed by atoms with Crippen LogP contribution in [0.2, 0.25) is 5.02 Å². The molecule has 6 heteroatoms. The smallest absolute Gasteiger partial charge is 0.223 e. The second-order valence-electron chi connectivity index (χ2n) is 7.78. The summed E-state index contributed by atoms with van der Waals surface area (Å²) in [4.78, 5) is 21.5. The van der Waals surface area contributed by atoms with E-state index in [1.807, 2.05) is 35.2 Å². The van der Waals surface area contributed by atoms with Crippen molar-refractivity contribution in [2.24, 2.45) is 0 Å². The standard InChI is InChI=1S/C24H26ClN3O2/c1-18-16-27(17-19-5-3-2-4-6-19)13-14-28(18)24(29)12-11-23-26-15-22(30-23)20-7-9-21(25)10-8-20/h2-10,15,18H,11-14,16-17H2,1H3. The number of halogens is 1. The van der Waals surface area contributed by atoms with Gasteiger partial charge in [0.05, 0.1) is 6.20 Å². The monoisotopic (exact) mass is 423 g/mol. The molecule has 0 spiro atoms. The molecule has 3 aromatic rings. The van der Waals surface area contributed by atoms with E-state index in [4.69, 9.17) is 16.0 Å². The van der Waals surface area contributed by atoms with Crippen molar-refractivity contribution in [1.29, 1.82) is 0 Å². The van der Waals surface area contributed by atoms with Crippen LogP contribution in [0.15, 0.2) is 65.2 Å². The van der Waals surface area contributed by atoms with Crippen LogP contribution < -0.4 is 0 Å². The molecule has 5 nitrogen and oxygen atoms in total. The quantitative estimate of drug-likeness (QED) is 0.578. The van der Waals surface area contributed by atoms with Gasteiger partial charge in [-0.3, -0.25) is 9.69 Å². The fourth-order valence-electron chi connectivity index (χ4n) is 3.92. The van der Waals surface area contributed by atoms with Crippen molar-refractivity contribution >= 4 is 17.5 Å². The van der Waals surface area contributed by atoms with E-state index >= 15 is 0 Å². The molecule has 2 heterocycles. The second kappa shape index (κ2) is 9.45. The molecule has 30 heavy (non-hydrogen) atoms. The molecule has 0 bridgehead atoms. The largest absolute Gasteiger partial charge is 0.441 e. The van der Waals surface area contributed by atoms with Gasteiger partial charge < -0.3 is 9.32 Å². The molecule has 1 aromatic heterocycles. The van der Waals surface area contributed by atoms with E-state index in [1.54, 1.807) is 6.20 Å². The number of rotatable bonds is 6. The van der Waals surface area contributed by atoms with Gasteiger partial charge in [0.2, 0.25) is 5.91 Å². The van der Waals surface area contributed by atoms with Crippen LogP contribution in [0.1, 0.15) is 24.8 Å². The highest BCUT2D eigenvalue weighted by molar-refractivity contribution is 6.30. The summed E-state index contributed by atoms with van der Waals surface area (Å²) >= 11 is 5.93. The number of amides is 1. The number of oxazole rings is 1. The minimum absolute atomic E-state index is 0.160. The van der Waals surface area contributed by atoms with Crippen molar-refractivity contribution in [3.63, 3.8) is 0 Å². The lowest BCUT2D eigenvalue weighted by Gasteiger charge is -2.40. The zero-order chi connectivity index (χ0) is 20.9. The summed E-state index contributed by atoms with van der Waals surface area (Å²) in [5.41, 5.74) is 2.23. The zero-order valence-electron chi connectivity index (χ0n) is 17.1. The fraction of sp³-hybridized carbons (Fsp3) is 0.333. The number of carbonyl (C=O) groups excluding carboxylic acids is 1. The minimum Gasteiger partial charge on any atom is -0.441 e. The van der Waals surface area contributed by atoms with Gasteiger partial charge in [-0.05, 0) is 36.8 Å². The van der Waals surface area contributed by atoms with Gasteiger partial charge in [-0.15, -0.1) is 0 Å². The summed E-state index contributed by atoms with van der Waals surface area (Å²) in [5, 5.41) is 0.682. The van der Waals surface area contributed by atoms with Crippen molar-refractivity contribution in [3.8, 4) is 11.3 Å². The van der Waals surface area contributed by atoms with E-state index in [2.05, 4.69) is 41.1 Å². The molecular weight excluding hydrogens is 398 g/mol. The molecule has 1 fully saturated rings. The van der Waals surface area contributed by atoms with Crippen molar-refractivity contribution in [1.82, 2.24) is 14.8 Å². The maximum Gasteiger partial charge on any atom is 0.223 e. The summed E-state index contributed by atoms with van der Waals surface area (Å²) in [6.07, 6.45) is 2.61. The molecule has 1 aliphatic rings. The van der Waals surface area contributed by atoms with Crippen LogP contribution in [-0.2, 0) is 17.8 Å². The highest BCUT2D eigenvalue weighted by Gasteiger charge is 2.27. The number of aromatic nitrogens is 1. The van der Waals surface area contributed by atoms with Crippen LogP contribution in [-0.4, -0.2) is 46.4 Å². The van der Waals surface area contributed by atoms with E-state index in [1.165, 1.54) is 5.56 Å². The number of benzene rings is 2. The lowest BCUT2D eigenvalue weighted by atomic mass is 10.1. The first-order valence-corrected chi connectivity index (χ1v) is 10.7. The minimum atomic E-state index is 0.160. The Hall–Kier alpha value is -2.63. The first-order chi connectivity index (χ1) is 14.6. The molecule has 1 aliphatic heterocycles. The predicted octanol–water partition coefficient (Wildman–Crippen LogP) is 4.66. The van der Waals surface area contributed by atoms with Gasteiger partial charge in [0.1, 0.15) is 0 Å². The summed E-state index contributed by atoms with van der Waals surface area (Å²) in [6, 6.07) is 18.1. The Morgan fingerprint density at radius 3 is 2.63 bits per heavy atom. The molecule has 0 N–H and O–H groups in total. The molecule has 0 saturated carbocycles. The predicted molar refractivity (Wildman–Crippen MR) is 118 cm³/mol. The Morgan fingerprint density at radius 1 is 1.13 bits per heavy atom. The van der Waals surface area contributed by atoms with Crippen LogP contribution in [0.4, 0.5) is 0 Å². The van der Waals surface area contributed by atoms with Gasteiger partial charge in [0.25, 0.3) is 0 Å². The second-order valence-corrected chi connectivity index (χ2v) is 8.22. The van der Waals surface area contributed by atoms with E-state index in [0.29, 0.717) is 29.5 Å². The first kappa shape index (κ1) is 20.6. The Balaban J connectivity index is 1.28. The normalized spacial score (nSPS) is 17.3. The van der Waals surface area contributed by atoms with Crippen molar-refractivity contribution in [3.05, 3.63) is 77.3 Å².